The molecule has 0 aliphatic carbocycles. The third-order valence-corrected chi connectivity index (χ3v) is 8.46. The van der Waals surface area contributed by atoms with E-state index in [1.165, 1.54) is 35.5 Å². The topological polar surface area (TPSA) is 89.5 Å². The number of ether oxygens (including phenoxy) is 1. The van der Waals surface area contributed by atoms with E-state index < -0.39 is 9.84 Å². The van der Waals surface area contributed by atoms with E-state index in [2.05, 4.69) is 4.98 Å². The number of aryl methyl sites for hydroxylation is 2. The van der Waals surface area contributed by atoms with Crippen molar-refractivity contribution < 1.29 is 17.9 Å². The van der Waals surface area contributed by atoms with Gasteiger partial charge in [-0.1, -0.05) is 29.5 Å². The van der Waals surface area contributed by atoms with E-state index in [1.807, 2.05) is 44.2 Å². The lowest BCUT2D eigenvalue weighted by Gasteiger charge is -2.19. The van der Waals surface area contributed by atoms with Crippen LogP contribution >= 0.6 is 11.3 Å². The molecule has 0 radical (unpaired) electrons. The van der Waals surface area contributed by atoms with Gasteiger partial charge >= 0.3 is 0 Å². The molecule has 2 aromatic heterocycles. The Morgan fingerprint density at radius 3 is 2.41 bits per heavy atom. The Bertz CT molecular complexity index is 1380. The highest BCUT2D eigenvalue weighted by Gasteiger charge is 2.24. The number of carbonyl (C=O) groups excluding carboxylic acids is 1. The summed E-state index contributed by atoms with van der Waals surface area (Å²) in [4.78, 5) is 24.1. The summed E-state index contributed by atoms with van der Waals surface area (Å²) in [5.41, 5.74) is 3.65. The first kappa shape index (κ1) is 23.8. The molecule has 4 aromatic rings. The molecule has 0 fully saturated rings. The highest BCUT2D eigenvalue weighted by atomic mass is 32.2. The molecule has 2 aromatic carbocycles. The number of anilines is 1. The summed E-state index contributed by atoms with van der Waals surface area (Å²) >= 11 is 1.43. The van der Waals surface area contributed by atoms with Crippen molar-refractivity contribution in [2.45, 2.75) is 31.7 Å². The fourth-order valence-electron chi connectivity index (χ4n) is 3.54. The van der Waals surface area contributed by atoms with E-state index in [9.17, 15) is 13.2 Å². The number of amides is 1. The maximum Gasteiger partial charge on any atom is 0.230 e. The number of sulfone groups is 1. The average molecular weight is 496 g/mol. The Kier molecular flexibility index (Phi) is 6.95. The quantitative estimate of drug-likeness (QED) is 0.352. The third kappa shape index (κ3) is 5.10. The standard InChI is InChI=1S/C25H25N3O4S2/c1-17-7-8-18(2)24-23(17)27-25(33-24)28(16-19-6-4-5-14-26-19)22(29)13-15-34(30,31)21-11-9-20(32-3)10-12-21/h4-12,14H,13,15-16H2,1-3H3. The molecule has 0 spiro atoms. The number of hydrogen-bond acceptors (Lipinski definition) is 7. The zero-order chi connectivity index (χ0) is 24.3. The predicted molar refractivity (Wildman–Crippen MR) is 134 cm³/mol. The minimum absolute atomic E-state index is 0.156. The molecule has 176 valence electrons. The molecule has 7 nitrogen and oxygen atoms in total. The summed E-state index contributed by atoms with van der Waals surface area (Å²) in [7, 11) is -2.13. The molecule has 9 heteroatoms. The summed E-state index contributed by atoms with van der Waals surface area (Å²) in [6.45, 7) is 4.20. The van der Waals surface area contributed by atoms with Crippen molar-refractivity contribution in [2.75, 3.05) is 17.8 Å². The molecule has 0 N–H and O–H groups in total. The van der Waals surface area contributed by atoms with Crippen LogP contribution in [0.3, 0.4) is 0 Å². The SMILES string of the molecule is COc1ccc(S(=O)(=O)CCC(=O)N(Cc2ccccn2)c2nc3c(C)ccc(C)c3s2)cc1. The number of carbonyl (C=O) groups is 1. The monoisotopic (exact) mass is 495 g/mol. The van der Waals surface area contributed by atoms with Crippen molar-refractivity contribution in [3.8, 4) is 5.75 Å². The number of nitrogens with zero attached hydrogens (tertiary/aromatic N) is 3. The second-order valence-corrected chi connectivity index (χ2v) is 11.0. The van der Waals surface area contributed by atoms with Crippen molar-refractivity contribution in [1.82, 2.24) is 9.97 Å². The minimum atomic E-state index is -3.64. The average Bonchev–Trinajstić information content (AvgIpc) is 3.31. The first-order valence-electron chi connectivity index (χ1n) is 10.7. The largest absolute Gasteiger partial charge is 0.497 e. The maximum atomic E-state index is 13.4. The summed E-state index contributed by atoms with van der Waals surface area (Å²) < 4.78 is 31.8. The highest BCUT2D eigenvalue weighted by Crippen LogP contribution is 2.34. The summed E-state index contributed by atoms with van der Waals surface area (Å²) in [5.74, 6) is -0.0603. The molecule has 0 aliphatic heterocycles. The van der Waals surface area contributed by atoms with Gasteiger partial charge < -0.3 is 4.74 Å². The van der Waals surface area contributed by atoms with Gasteiger partial charge in [0, 0.05) is 12.6 Å². The Morgan fingerprint density at radius 1 is 1.03 bits per heavy atom. The molecule has 0 aliphatic rings. The van der Waals surface area contributed by atoms with Crippen LogP contribution in [0.15, 0.2) is 65.7 Å². The first-order chi connectivity index (χ1) is 16.3. The van der Waals surface area contributed by atoms with Crippen LogP contribution in [-0.2, 0) is 21.2 Å². The van der Waals surface area contributed by atoms with Crippen LogP contribution in [0.25, 0.3) is 10.2 Å². The van der Waals surface area contributed by atoms with Gasteiger partial charge in [0.1, 0.15) is 5.75 Å². The van der Waals surface area contributed by atoms with Crippen molar-refractivity contribution >= 4 is 42.4 Å². The second-order valence-electron chi connectivity index (χ2n) is 7.92. The van der Waals surface area contributed by atoms with Gasteiger partial charge in [-0.05, 0) is 61.4 Å². The van der Waals surface area contributed by atoms with E-state index >= 15 is 0 Å². The lowest BCUT2D eigenvalue weighted by Crippen LogP contribution is -2.32. The highest BCUT2D eigenvalue weighted by molar-refractivity contribution is 7.91. The van der Waals surface area contributed by atoms with Gasteiger partial charge in [-0.25, -0.2) is 13.4 Å². The minimum Gasteiger partial charge on any atom is -0.497 e. The molecule has 0 atom stereocenters. The van der Waals surface area contributed by atoms with Crippen molar-refractivity contribution in [2.24, 2.45) is 0 Å². The van der Waals surface area contributed by atoms with Crippen molar-refractivity contribution in [3.05, 3.63) is 77.6 Å². The Hall–Kier alpha value is -3.30. The lowest BCUT2D eigenvalue weighted by atomic mass is 10.1. The predicted octanol–water partition coefficient (Wildman–Crippen LogP) is 4.71. The van der Waals surface area contributed by atoms with Gasteiger partial charge in [-0.2, -0.15) is 0 Å². The van der Waals surface area contributed by atoms with E-state index in [-0.39, 0.29) is 29.5 Å². The molecular weight excluding hydrogens is 470 g/mol. The van der Waals surface area contributed by atoms with Crippen LogP contribution in [0.2, 0.25) is 0 Å². The van der Waals surface area contributed by atoms with Crippen LogP contribution in [0.4, 0.5) is 5.13 Å². The van der Waals surface area contributed by atoms with Crippen molar-refractivity contribution in [3.63, 3.8) is 0 Å². The zero-order valence-corrected chi connectivity index (χ0v) is 20.8. The summed E-state index contributed by atoms with van der Waals surface area (Å²) in [6, 6.07) is 15.7. The van der Waals surface area contributed by atoms with Gasteiger partial charge in [0.2, 0.25) is 5.91 Å². The van der Waals surface area contributed by atoms with E-state index in [0.29, 0.717) is 16.6 Å². The number of rotatable bonds is 8. The number of benzene rings is 2. The van der Waals surface area contributed by atoms with E-state index in [4.69, 9.17) is 9.72 Å². The number of methoxy groups -OCH3 is 1. The van der Waals surface area contributed by atoms with Crippen LogP contribution < -0.4 is 9.64 Å². The van der Waals surface area contributed by atoms with Gasteiger partial charge in [-0.15, -0.1) is 0 Å². The van der Waals surface area contributed by atoms with Gasteiger partial charge in [0.15, 0.2) is 15.0 Å². The molecule has 0 bridgehead atoms. The Morgan fingerprint density at radius 2 is 1.76 bits per heavy atom. The Labute approximate surface area is 203 Å². The normalized spacial score (nSPS) is 11.5. The number of thiazole rings is 1. The van der Waals surface area contributed by atoms with Crippen LogP contribution in [0, 0.1) is 13.8 Å². The molecule has 0 saturated carbocycles. The van der Waals surface area contributed by atoms with Crippen LogP contribution in [0.5, 0.6) is 5.75 Å². The van der Waals surface area contributed by atoms with Crippen LogP contribution in [-0.4, -0.2) is 37.2 Å². The molecule has 1 amide bonds. The lowest BCUT2D eigenvalue weighted by molar-refractivity contribution is -0.118. The van der Waals surface area contributed by atoms with Crippen molar-refractivity contribution in [1.29, 1.82) is 0 Å². The number of fused-ring (bicyclic) bond motifs is 1. The fraction of sp³-hybridized carbons (Fsp3) is 0.240. The van der Waals surface area contributed by atoms with Crippen LogP contribution in [0.1, 0.15) is 23.2 Å². The summed E-state index contributed by atoms with van der Waals surface area (Å²) in [5, 5.41) is 0.532. The Balaban J connectivity index is 1.61. The fourth-order valence-corrected chi connectivity index (χ4v) is 5.90. The van der Waals surface area contributed by atoms with Gasteiger partial charge in [-0.3, -0.25) is 14.7 Å². The first-order valence-corrected chi connectivity index (χ1v) is 13.2. The second kappa shape index (κ2) is 9.90. The maximum absolute atomic E-state index is 13.4. The third-order valence-electron chi connectivity index (χ3n) is 5.51. The van der Waals surface area contributed by atoms with E-state index in [0.717, 1.165) is 21.3 Å². The zero-order valence-electron chi connectivity index (χ0n) is 19.2. The summed E-state index contributed by atoms with van der Waals surface area (Å²) in [6.07, 6.45) is 1.49. The van der Waals surface area contributed by atoms with E-state index in [1.54, 1.807) is 18.3 Å². The smallest absolute Gasteiger partial charge is 0.230 e. The van der Waals surface area contributed by atoms with Gasteiger partial charge in [0.25, 0.3) is 0 Å². The molecule has 0 unspecified atom stereocenters. The molecule has 4 rings (SSSR count). The molecular formula is C25H25N3O4S2. The van der Waals surface area contributed by atoms with Gasteiger partial charge in [0.05, 0.1) is 40.2 Å². The number of pyridine rings is 1. The molecule has 34 heavy (non-hydrogen) atoms. The number of aromatic nitrogens is 2. The molecule has 0 saturated heterocycles. The molecule has 2 heterocycles. The number of hydrogen-bond donors (Lipinski definition) is 0.